The molecule has 0 saturated heterocycles. The van der Waals surface area contributed by atoms with Gasteiger partial charge in [-0.2, -0.15) is 0 Å². The van der Waals surface area contributed by atoms with Crippen LogP contribution in [0.25, 0.3) is 10.1 Å². The van der Waals surface area contributed by atoms with Crippen molar-refractivity contribution in [1.82, 2.24) is 0 Å². The van der Waals surface area contributed by atoms with Crippen LogP contribution in [0.15, 0.2) is 52.3 Å². The number of nitrogens with two attached hydrogens (primary N) is 1. The Balaban J connectivity index is 1.99. The molecule has 20 heavy (non-hydrogen) atoms. The molecule has 0 fully saturated rings. The molecule has 3 rings (SSSR count). The standard InChI is InChI=1S/C15H11BrN2S2/c16-10-1-3-13(12(8-10)15(17)19)18-11-2-4-14-9(7-11)5-6-20-14/h1-8,18H,(H2,17,19). The highest BCUT2D eigenvalue weighted by molar-refractivity contribution is 9.10. The zero-order valence-electron chi connectivity index (χ0n) is 10.4. The van der Waals surface area contributed by atoms with Gasteiger partial charge in [-0.15, -0.1) is 11.3 Å². The maximum atomic E-state index is 5.78. The first-order valence-corrected chi connectivity index (χ1v) is 8.05. The van der Waals surface area contributed by atoms with Crippen LogP contribution in [-0.2, 0) is 0 Å². The van der Waals surface area contributed by atoms with Gasteiger partial charge in [0.25, 0.3) is 0 Å². The van der Waals surface area contributed by atoms with Gasteiger partial charge in [0.15, 0.2) is 0 Å². The third kappa shape index (κ3) is 2.70. The fraction of sp³-hybridized carbons (Fsp3) is 0. The number of anilines is 2. The first-order valence-electron chi connectivity index (χ1n) is 5.97. The molecule has 0 aliphatic heterocycles. The maximum absolute atomic E-state index is 5.78. The number of thiocarbonyl (C=S) groups is 1. The van der Waals surface area contributed by atoms with E-state index in [0.29, 0.717) is 4.99 Å². The summed E-state index contributed by atoms with van der Waals surface area (Å²) in [5.41, 5.74) is 8.55. The molecule has 0 aliphatic rings. The molecular weight excluding hydrogens is 352 g/mol. The highest BCUT2D eigenvalue weighted by atomic mass is 79.9. The third-order valence-electron chi connectivity index (χ3n) is 2.98. The summed E-state index contributed by atoms with van der Waals surface area (Å²) in [6.45, 7) is 0. The zero-order valence-corrected chi connectivity index (χ0v) is 13.6. The minimum atomic E-state index is 0.380. The second-order valence-corrected chi connectivity index (χ2v) is 6.66. The molecule has 0 saturated carbocycles. The summed E-state index contributed by atoms with van der Waals surface area (Å²) in [6.07, 6.45) is 0. The Morgan fingerprint density at radius 2 is 2.00 bits per heavy atom. The Hall–Kier alpha value is -1.43. The molecule has 0 bridgehead atoms. The van der Waals surface area contributed by atoms with Gasteiger partial charge in [-0.3, -0.25) is 0 Å². The van der Waals surface area contributed by atoms with Crippen molar-refractivity contribution in [2.45, 2.75) is 0 Å². The molecule has 0 spiro atoms. The van der Waals surface area contributed by atoms with Crippen molar-refractivity contribution >= 4 is 65.9 Å². The van der Waals surface area contributed by atoms with Crippen molar-refractivity contribution in [1.29, 1.82) is 0 Å². The first-order chi connectivity index (χ1) is 9.63. The highest BCUT2D eigenvalue weighted by Gasteiger charge is 2.07. The van der Waals surface area contributed by atoms with Crippen LogP contribution in [-0.4, -0.2) is 4.99 Å². The summed E-state index contributed by atoms with van der Waals surface area (Å²) in [5.74, 6) is 0. The second kappa shape index (κ2) is 5.52. The van der Waals surface area contributed by atoms with Crippen LogP contribution in [0.1, 0.15) is 5.56 Å². The number of hydrogen-bond acceptors (Lipinski definition) is 3. The largest absolute Gasteiger partial charge is 0.389 e. The number of rotatable bonds is 3. The predicted molar refractivity (Wildman–Crippen MR) is 95.1 cm³/mol. The molecular formula is C15H11BrN2S2. The molecule has 1 aromatic heterocycles. The van der Waals surface area contributed by atoms with Gasteiger partial charge < -0.3 is 11.1 Å². The molecule has 2 nitrogen and oxygen atoms in total. The van der Waals surface area contributed by atoms with Crippen LogP contribution in [0.2, 0.25) is 0 Å². The minimum absolute atomic E-state index is 0.380. The van der Waals surface area contributed by atoms with E-state index in [2.05, 4.69) is 50.9 Å². The molecule has 100 valence electrons. The molecule has 3 N–H and O–H groups in total. The van der Waals surface area contributed by atoms with Crippen LogP contribution < -0.4 is 11.1 Å². The Bertz CT molecular complexity index is 795. The van der Waals surface area contributed by atoms with E-state index in [1.54, 1.807) is 11.3 Å². The first kappa shape index (κ1) is 13.5. The topological polar surface area (TPSA) is 38.0 Å². The number of halogens is 1. The summed E-state index contributed by atoms with van der Waals surface area (Å²) in [7, 11) is 0. The van der Waals surface area contributed by atoms with Crippen LogP contribution in [0.3, 0.4) is 0 Å². The van der Waals surface area contributed by atoms with Crippen LogP contribution in [0, 0.1) is 0 Å². The third-order valence-corrected chi connectivity index (χ3v) is 4.59. The monoisotopic (exact) mass is 362 g/mol. The van der Waals surface area contributed by atoms with Crippen molar-refractivity contribution in [3.63, 3.8) is 0 Å². The molecule has 0 atom stereocenters. The summed E-state index contributed by atoms with van der Waals surface area (Å²) in [5, 5.41) is 6.70. The van der Waals surface area contributed by atoms with Gasteiger partial charge in [-0.1, -0.05) is 28.1 Å². The van der Waals surface area contributed by atoms with E-state index in [-0.39, 0.29) is 0 Å². The molecule has 2 aromatic carbocycles. The van der Waals surface area contributed by atoms with Crippen LogP contribution in [0.5, 0.6) is 0 Å². The Labute approximate surface area is 134 Å². The van der Waals surface area contributed by atoms with Gasteiger partial charge in [0.1, 0.15) is 4.99 Å². The van der Waals surface area contributed by atoms with Gasteiger partial charge in [-0.05, 0) is 53.2 Å². The van der Waals surface area contributed by atoms with Gasteiger partial charge >= 0.3 is 0 Å². The van der Waals surface area contributed by atoms with E-state index in [1.165, 1.54) is 10.1 Å². The number of thiophene rings is 1. The van der Waals surface area contributed by atoms with Crippen molar-refractivity contribution in [2.24, 2.45) is 5.73 Å². The van der Waals surface area contributed by atoms with E-state index in [4.69, 9.17) is 18.0 Å². The number of nitrogens with one attached hydrogen (secondary N) is 1. The van der Waals surface area contributed by atoms with E-state index in [0.717, 1.165) is 21.4 Å². The number of fused-ring (bicyclic) bond motifs is 1. The molecule has 5 heteroatoms. The fourth-order valence-electron chi connectivity index (χ4n) is 2.03. The average molecular weight is 363 g/mol. The molecule has 0 unspecified atom stereocenters. The van der Waals surface area contributed by atoms with Gasteiger partial charge in [0.2, 0.25) is 0 Å². The van der Waals surface area contributed by atoms with Crippen LogP contribution >= 0.6 is 39.5 Å². The summed E-state index contributed by atoms with van der Waals surface area (Å²) in [4.78, 5) is 0.380. The van der Waals surface area contributed by atoms with E-state index >= 15 is 0 Å². The molecule has 0 aliphatic carbocycles. The summed E-state index contributed by atoms with van der Waals surface area (Å²) < 4.78 is 2.24. The number of hydrogen-bond donors (Lipinski definition) is 2. The minimum Gasteiger partial charge on any atom is -0.389 e. The number of benzene rings is 2. The lowest BCUT2D eigenvalue weighted by atomic mass is 10.1. The highest BCUT2D eigenvalue weighted by Crippen LogP contribution is 2.28. The summed E-state index contributed by atoms with van der Waals surface area (Å²) in [6, 6.07) is 14.3. The smallest absolute Gasteiger partial charge is 0.106 e. The zero-order chi connectivity index (χ0) is 14.1. The Kier molecular flexibility index (Phi) is 3.74. The summed E-state index contributed by atoms with van der Waals surface area (Å²) >= 11 is 10.3. The predicted octanol–water partition coefficient (Wildman–Crippen LogP) is 5.04. The van der Waals surface area contributed by atoms with Crippen molar-refractivity contribution in [3.05, 3.63) is 57.9 Å². The van der Waals surface area contributed by atoms with Crippen molar-refractivity contribution in [2.75, 3.05) is 5.32 Å². The van der Waals surface area contributed by atoms with Gasteiger partial charge in [-0.25, -0.2) is 0 Å². The van der Waals surface area contributed by atoms with Gasteiger partial charge in [0.05, 0.1) is 0 Å². The molecule has 0 radical (unpaired) electrons. The van der Waals surface area contributed by atoms with Gasteiger partial charge in [0, 0.05) is 26.1 Å². The van der Waals surface area contributed by atoms with Crippen molar-refractivity contribution in [3.8, 4) is 0 Å². The SMILES string of the molecule is NC(=S)c1cc(Br)ccc1Nc1ccc2sccc2c1. The quantitative estimate of drug-likeness (QED) is 0.640. The average Bonchev–Trinajstić information content (AvgIpc) is 2.88. The lowest BCUT2D eigenvalue weighted by molar-refractivity contribution is 1.52. The van der Waals surface area contributed by atoms with E-state index in [9.17, 15) is 0 Å². The molecule has 0 amide bonds. The Morgan fingerprint density at radius 3 is 2.80 bits per heavy atom. The molecule has 1 heterocycles. The lowest BCUT2D eigenvalue weighted by Gasteiger charge is -2.12. The van der Waals surface area contributed by atoms with E-state index < -0.39 is 0 Å². The van der Waals surface area contributed by atoms with Crippen molar-refractivity contribution < 1.29 is 0 Å². The molecule has 3 aromatic rings. The Morgan fingerprint density at radius 1 is 1.15 bits per heavy atom. The van der Waals surface area contributed by atoms with Crippen LogP contribution in [0.4, 0.5) is 11.4 Å². The normalized spacial score (nSPS) is 10.7. The van der Waals surface area contributed by atoms with E-state index in [1.807, 2.05) is 18.2 Å². The fourth-order valence-corrected chi connectivity index (χ4v) is 3.33. The lowest BCUT2D eigenvalue weighted by Crippen LogP contribution is -2.11. The second-order valence-electron chi connectivity index (χ2n) is 4.35. The maximum Gasteiger partial charge on any atom is 0.106 e.